The van der Waals surface area contributed by atoms with Crippen LogP contribution < -0.4 is 0 Å². The number of aliphatic carboxylic acids is 1. The Labute approximate surface area is 106 Å². The minimum Gasteiger partial charge on any atom is -0.481 e. The number of carbonyl (C=O) groups is 1. The van der Waals surface area contributed by atoms with Crippen LogP contribution in [0.15, 0.2) is 17.0 Å². The van der Waals surface area contributed by atoms with E-state index in [4.69, 9.17) is 5.11 Å². The Morgan fingerprint density at radius 2 is 2.06 bits per heavy atom. The van der Waals surface area contributed by atoms with E-state index in [1.165, 1.54) is 21.6 Å². The zero-order chi connectivity index (χ0) is 12.6. The average Bonchev–Trinajstić information content (AvgIpc) is 3.01. The molecule has 3 heteroatoms. The van der Waals surface area contributed by atoms with Gasteiger partial charge in [0, 0.05) is 10.3 Å². The molecule has 1 aromatic rings. The van der Waals surface area contributed by atoms with Crippen LogP contribution in [0, 0.1) is 13.8 Å². The van der Waals surface area contributed by atoms with Gasteiger partial charge in [0.05, 0.1) is 6.42 Å². The fourth-order valence-corrected chi connectivity index (χ4v) is 3.01. The molecule has 1 aromatic carbocycles. The van der Waals surface area contributed by atoms with Crippen molar-refractivity contribution in [1.82, 2.24) is 0 Å². The van der Waals surface area contributed by atoms with Gasteiger partial charge in [-0.3, -0.25) is 4.79 Å². The molecule has 0 spiro atoms. The topological polar surface area (TPSA) is 37.3 Å². The van der Waals surface area contributed by atoms with E-state index in [1.54, 1.807) is 11.8 Å². The van der Waals surface area contributed by atoms with Gasteiger partial charge < -0.3 is 5.11 Å². The lowest BCUT2D eigenvalue weighted by molar-refractivity contribution is -0.137. The Balaban J connectivity index is 2.44. The molecule has 1 aliphatic carbocycles. The molecule has 2 nitrogen and oxygen atoms in total. The van der Waals surface area contributed by atoms with Crippen LogP contribution >= 0.6 is 11.8 Å². The van der Waals surface area contributed by atoms with Crippen molar-refractivity contribution in [2.75, 3.05) is 6.26 Å². The summed E-state index contributed by atoms with van der Waals surface area (Å²) in [5.74, 6) is -0.686. The maximum absolute atomic E-state index is 11.0. The van der Waals surface area contributed by atoms with Gasteiger partial charge in [-0.1, -0.05) is 0 Å². The molecule has 0 aromatic heterocycles. The smallest absolute Gasteiger partial charge is 0.304 e. The SMILES string of the molecule is CSc1cc(C)c(C)c(C2(CC(=O)O)CC2)c1. The number of hydrogen-bond acceptors (Lipinski definition) is 2. The van der Waals surface area contributed by atoms with Gasteiger partial charge in [-0.2, -0.15) is 0 Å². The molecule has 0 amide bonds. The normalized spacial score (nSPS) is 16.9. The van der Waals surface area contributed by atoms with Crippen molar-refractivity contribution in [2.24, 2.45) is 0 Å². The number of hydrogen-bond donors (Lipinski definition) is 1. The van der Waals surface area contributed by atoms with E-state index in [0.717, 1.165) is 12.8 Å². The first-order valence-corrected chi connectivity index (χ1v) is 7.08. The van der Waals surface area contributed by atoms with E-state index >= 15 is 0 Å². The zero-order valence-corrected chi connectivity index (χ0v) is 11.4. The molecular formula is C14H18O2S. The zero-order valence-electron chi connectivity index (χ0n) is 10.5. The maximum atomic E-state index is 11.0. The molecule has 0 radical (unpaired) electrons. The molecule has 1 saturated carbocycles. The molecule has 0 atom stereocenters. The van der Waals surface area contributed by atoms with E-state index in [2.05, 4.69) is 32.2 Å². The minimum absolute atomic E-state index is 0.0770. The highest BCUT2D eigenvalue weighted by Gasteiger charge is 2.47. The number of carboxylic acid groups (broad SMARTS) is 1. The quantitative estimate of drug-likeness (QED) is 0.831. The van der Waals surface area contributed by atoms with E-state index in [0.29, 0.717) is 0 Å². The molecule has 1 aliphatic rings. The molecule has 1 N–H and O–H groups in total. The third-order valence-electron chi connectivity index (χ3n) is 3.79. The summed E-state index contributed by atoms with van der Waals surface area (Å²) >= 11 is 1.72. The summed E-state index contributed by atoms with van der Waals surface area (Å²) in [6.45, 7) is 4.21. The largest absolute Gasteiger partial charge is 0.481 e. The minimum atomic E-state index is -0.686. The average molecular weight is 250 g/mol. The first-order chi connectivity index (χ1) is 7.98. The highest BCUT2D eigenvalue weighted by molar-refractivity contribution is 7.98. The molecule has 0 unspecified atom stereocenters. The Kier molecular flexibility index (Phi) is 3.21. The molecule has 0 bridgehead atoms. The van der Waals surface area contributed by atoms with Gasteiger partial charge in [0.25, 0.3) is 0 Å². The first-order valence-electron chi connectivity index (χ1n) is 5.86. The Bertz CT molecular complexity index is 462. The second-order valence-corrected chi connectivity index (χ2v) is 5.85. The highest BCUT2D eigenvalue weighted by atomic mass is 32.2. The van der Waals surface area contributed by atoms with E-state index < -0.39 is 5.97 Å². The standard InChI is InChI=1S/C14H18O2S/c1-9-6-11(17-3)7-12(10(9)2)14(4-5-14)8-13(15)16/h6-7H,4-5,8H2,1-3H3,(H,15,16). The molecule has 0 aliphatic heterocycles. The maximum Gasteiger partial charge on any atom is 0.304 e. The monoisotopic (exact) mass is 250 g/mol. The second-order valence-electron chi connectivity index (χ2n) is 4.97. The van der Waals surface area contributed by atoms with Crippen molar-refractivity contribution >= 4 is 17.7 Å². The summed E-state index contributed by atoms with van der Waals surface area (Å²) in [5.41, 5.74) is 3.71. The number of thioether (sulfide) groups is 1. The Morgan fingerprint density at radius 3 is 2.53 bits per heavy atom. The number of carboxylic acids is 1. The fraction of sp³-hybridized carbons (Fsp3) is 0.500. The summed E-state index contributed by atoms with van der Waals surface area (Å²) in [7, 11) is 0. The summed E-state index contributed by atoms with van der Waals surface area (Å²) in [6, 6.07) is 4.36. The lowest BCUT2D eigenvalue weighted by atomic mass is 9.87. The summed E-state index contributed by atoms with van der Waals surface area (Å²) < 4.78 is 0. The van der Waals surface area contributed by atoms with Crippen molar-refractivity contribution in [3.05, 3.63) is 28.8 Å². The number of rotatable bonds is 4. The molecule has 0 saturated heterocycles. The first kappa shape index (κ1) is 12.5. The van der Waals surface area contributed by atoms with Crippen LogP contribution in [0.4, 0.5) is 0 Å². The van der Waals surface area contributed by atoms with E-state index in [9.17, 15) is 4.79 Å². The van der Waals surface area contributed by atoms with Gasteiger partial charge in [0.15, 0.2) is 0 Å². The highest BCUT2D eigenvalue weighted by Crippen LogP contribution is 2.53. The summed E-state index contributed by atoms with van der Waals surface area (Å²) in [4.78, 5) is 12.2. The lowest BCUT2D eigenvalue weighted by Crippen LogP contribution is -2.15. The van der Waals surface area contributed by atoms with Crippen LogP contribution in [0.2, 0.25) is 0 Å². The van der Waals surface area contributed by atoms with Crippen LogP contribution in [-0.4, -0.2) is 17.3 Å². The van der Waals surface area contributed by atoms with Crippen molar-refractivity contribution in [1.29, 1.82) is 0 Å². The third kappa shape index (κ3) is 2.34. The summed E-state index contributed by atoms with van der Waals surface area (Å²) in [5, 5.41) is 9.03. The predicted octanol–water partition coefficient (Wildman–Crippen LogP) is 3.53. The van der Waals surface area contributed by atoms with Gasteiger partial charge in [0.1, 0.15) is 0 Å². The van der Waals surface area contributed by atoms with Crippen molar-refractivity contribution in [3.8, 4) is 0 Å². The molecule has 92 valence electrons. The molecule has 2 rings (SSSR count). The predicted molar refractivity (Wildman–Crippen MR) is 70.9 cm³/mol. The fourth-order valence-electron chi connectivity index (χ4n) is 2.48. The third-order valence-corrected chi connectivity index (χ3v) is 4.50. The van der Waals surface area contributed by atoms with Gasteiger partial charge in [0.2, 0.25) is 0 Å². The number of benzene rings is 1. The van der Waals surface area contributed by atoms with Crippen molar-refractivity contribution < 1.29 is 9.90 Å². The number of aryl methyl sites for hydroxylation is 1. The van der Waals surface area contributed by atoms with Gasteiger partial charge in [-0.25, -0.2) is 0 Å². The van der Waals surface area contributed by atoms with Gasteiger partial charge in [-0.05, 0) is 61.8 Å². The van der Waals surface area contributed by atoms with Gasteiger partial charge in [-0.15, -0.1) is 11.8 Å². The van der Waals surface area contributed by atoms with Crippen LogP contribution in [0.1, 0.15) is 36.0 Å². The van der Waals surface area contributed by atoms with Crippen LogP contribution in [0.5, 0.6) is 0 Å². The molecule has 17 heavy (non-hydrogen) atoms. The van der Waals surface area contributed by atoms with Crippen molar-refractivity contribution in [2.45, 2.75) is 43.4 Å². The molecular weight excluding hydrogens is 232 g/mol. The summed E-state index contributed by atoms with van der Waals surface area (Å²) in [6.07, 6.45) is 4.35. The van der Waals surface area contributed by atoms with E-state index in [-0.39, 0.29) is 11.8 Å². The van der Waals surface area contributed by atoms with Crippen LogP contribution in [-0.2, 0) is 10.2 Å². The molecule has 1 fully saturated rings. The van der Waals surface area contributed by atoms with Crippen LogP contribution in [0.25, 0.3) is 0 Å². The Morgan fingerprint density at radius 1 is 1.41 bits per heavy atom. The van der Waals surface area contributed by atoms with E-state index in [1.807, 2.05) is 0 Å². The van der Waals surface area contributed by atoms with Crippen molar-refractivity contribution in [3.63, 3.8) is 0 Å². The lowest BCUT2D eigenvalue weighted by Gasteiger charge is -2.19. The second kappa shape index (κ2) is 4.37. The molecule has 0 heterocycles. The van der Waals surface area contributed by atoms with Gasteiger partial charge >= 0.3 is 5.97 Å². The Hall–Kier alpha value is -0.960. The van der Waals surface area contributed by atoms with Crippen LogP contribution in [0.3, 0.4) is 0 Å².